The van der Waals surface area contributed by atoms with Gasteiger partial charge in [-0.1, -0.05) is 11.6 Å². The molecule has 0 aliphatic carbocycles. The molecule has 92 valence electrons. The number of rotatable bonds is 2. The third-order valence-corrected chi connectivity index (χ3v) is 2.55. The van der Waals surface area contributed by atoms with E-state index in [9.17, 15) is 14.0 Å². The molecule has 0 amide bonds. The fourth-order valence-electron chi connectivity index (χ4n) is 1.60. The predicted molar refractivity (Wildman–Crippen MR) is 64.4 cm³/mol. The summed E-state index contributed by atoms with van der Waals surface area (Å²) in [5.74, 6) is -1.85. The molecule has 2 N–H and O–H groups in total. The van der Waals surface area contributed by atoms with Crippen molar-refractivity contribution < 1.29 is 14.3 Å². The smallest absolute Gasteiger partial charge is 0.336 e. The molecule has 0 aliphatic rings. The monoisotopic (exact) mass is 267 g/mol. The van der Waals surface area contributed by atoms with Crippen LogP contribution in [0.5, 0.6) is 0 Å². The number of aromatic nitrogens is 1. The topological polar surface area (TPSA) is 70.2 Å². The van der Waals surface area contributed by atoms with Crippen molar-refractivity contribution in [1.82, 2.24) is 4.98 Å². The molecule has 18 heavy (non-hydrogen) atoms. The van der Waals surface area contributed by atoms with Gasteiger partial charge in [0.05, 0.1) is 5.56 Å². The molecule has 0 spiro atoms. The van der Waals surface area contributed by atoms with Crippen molar-refractivity contribution in [1.29, 1.82) is 0 Å². The average Bonchev–Trinajstić information content (AvgIpc) is 2.27. The molecule has 0 atom stereocenters. The summed E-state index contributed by atoms with van der Waals surface area (Å²) in [6.45, 7) is 0. The van der Waals surface area contributed by atoms with Gasteiger partial charge >= 0.3 is 5.97 Å². The fraction of sp³-hybridized carbons (Fsp3) is 0. The second kappa shape index (κ2) is 4.62. The maximum Gasteiger partial charge on any atom is 0.336 e. The first kappa shape index (κ1) is 12.3. The van der Waals surface area contributed by atoms with Crippen molar-refractivity contribution in [2.24, 2.45) is 0 Å². The number of aromatic carboxylic acids is 1. The predicted octanol–water partition coefficient (Wildman–Crippen LogP) is 2.53. The molecular formula is C12H7ClFNO3. The molecule has 1 aromatic carbocycles. The van der Waals surface area contributed by atoms with Crippen molar-refractivity contribution in [3.05, 3.63) is 57.2 Å². The van der Waals surface area contributed by atoms with Crippen LogP contribution in [0.1, 0.15) is 10.4 Å². The number of hydrogen-bond donors (Lipinski definition) is 2. The standard InChI is InChI=1S/C12H7ClFNO3/c13-7-1-6(2-8(14)3-7)10-5-15-11(16)4-9(10)12(17)18/h1-5H,(H,15,16)(H,17,18). The highest BCUT2D eigenvalue weighted by Gasteiger charge is 2.13. The Balaban J connectivity index is 2.70. The molecule has 0 radical (unpaired) electrons. The number of halogens is 2. The summed E-state index contributed by atoms with van der Waals surface area (Å²) in [5, 5.41) is 9.16. The van der Waals surface area contributed by atoms with Crippen molar-refractivity contribution in [2.75, 3.05) is 0 Å². The number of carboxylic acids is 1. The first-order chi connectivity index (χ1) is 8.47. The van der Waals surface area contributed by atoms with Gasteiger partial charge in [-0.3, -0.25) is 4.79 Å². The molecule has 0 unspecified atom stereocenters. The summed E-state index contributed by atoms with van der Waals surface area (Å²) < 4.78 is 13.2. The van der Waals surface area contributed by atoms with Crippen molar-refractivity contribution >= 4 is 17.6 Å². The summed E-state index contributed by atoms with van der Waals surface area (Å²) in [4.78, 5) is 24.5. The van der Waals surface area contributed by atoms with E-state index >= 15 is 0 Å². The number of carbonyl (C=O) groups is 1. The molecule has 2 rings (SSSR count). The number of H-pyrrole nitrogens is 1. The molecule has 0 aliphatic heterocycles. The molecule has 0 saturated carbocycles. The Morgan fingerprint density at radius 3 is 2.61 bits per heavy atom. The summed E-state index contributed by atoms with van der Waals surface area (Å²) >= 11 is 5.70. The minimum Gasteiger partial charge on any atom is -0.478 e. The minimum atomic E-state index is -1.27. The van der Waals surface area contributed by atoms with Gasteiger partial charge < -0.3 is 10.1 Å². The maximum absolute atomic E-state index is 13.2. The molecule has 0 bridgehead atoms. The Hall–Kier alpha value is -2.14. The van der Waals surface area contributed by atoms with E-state index in [1.807, 2.05) is 0 Å². The molecule has 4 nitrogen and oxygen atoms in total. The Morgan fingerprint density at radius 2 is 2.00 bits per heavy atom. The highest BCUT2D eigenvalue weighted by molar-refractivity contribution is 6.30. The molecule has 1 aromatic heterocycles. The van der Waals surface area contributed by atoms with E-state index in [0.29, 0.717) is 0 Å². The molecule has 1 heterocycles. The molecule has 0 fully saturated rings. The lowest BCUT2D eigenvalue weighted by Gasteiger charge is -2.06. The van der Waals surface area contributed by atoms with Crippen LogP contribution < -0.4 is 5.56 Å². The van der Waals surface area contributed by atoms with Gasteiger partial charge in [0.25, 0.3) is 0 Å². The van der Waals surface area contributed by atoms with Gasteiger partial charge in [0.1, 0.15) is 5.82 Å². The SMILES string of the molecule is O=C(O)c1cc(=O)[nH]cc1-c1cc(F)cc(Cl)c1. The Morgan fingerprint density at radius 1 is 1.28 bits per heavy atom. The summed E-state index contributed by atoms with van der Waals surface area (Å²) in [5.41, 5.74) is -0.267. The zero-order valence-electron chi connectivity index (χ0n) is 8.91. The fourth-order valence-corrected chi connectivity index (χ4v) is 1.82. The Bertz CT molecular complexity index is 661. The number of pyridine rings is 1. The molecular weight excluding hydrogens is 261 g/mol. The van der Waals surface area contributed by atoms with E-state index in [2.05, 4.69) is 4.98 Å². The Labute approximate surface area is 106 Å². The second-order valence-corrected chi connectivity index (χ2v) is 4.02. The van der Waals surface area contributed by atoms with Gasteiger partial charge in [0.2, 0.25) is 5.56 Å². The van der Waals surface area contributed by atoms with E-state index in [-0.39, 0.29) is 21.7 Å². The van der Waals surface area contributed by atoms with Crippen LogP contribution >= 0.6 is 11.6 Å². The van der Waals surface area contributed by atoms with Gasteiger partial charge in [0.15, 0.2) is 0 Å². The van der Waals surface area contributed by atoms with Crippen LogP contribution in [-0.4, -0.2) is 16.1 Å². The number of carboxylic acid groups (broad SMARTS) is 1. The van der Waals surface area contributed by atoms with Crippen LogP contribution in [0.3, 0.4) is 0 Å². The number of nitrogens with one attached hydrogen (secondary N) is 1. The average molecular weight is 268 g/mol. The first-order valence-corrected chi connectivity index (χ1v) is 5.27. The number of aromatic amines is 1. The normalized spacial score (nSPS) is 10.3. The lowest BCUT2D eigenvalue weighted by atomic mass is 10.0. The lowest BCUT2D eigenvalue weighted by Crippen LogP contribution is -2.10. The van der Waals surface area contributed by atoms with Crippen LogP contribution in [0, 0.1) is 5.82 Å². The third-order valence-electron chi connectivity index (χ3n) is 2.33. The zero-order valence-corrected chi connectivity index (χ0v) is 9.66. The van der Waals surface area contributed by atoms with Gasteiger partial charge in [-0.2, -0.15) is 0 Å². The van der Waals surface area contributed by atoms with Crippen molar-refractivity contribution in [2.45, 2.75) is 0 Å². The quantitative estimate of drug-likeness (QED) is 0.878. The second-order valence-electron chi connectivity index (χ2n) is 3.59. The van der Waals surface area contributed by atoms with Crippen LogP contribution in [0.4, 0.5) is 4.39 Å². The van der Waals surface area contributed by atoms with E-state index in [0.717, 1.165) is 18.2 Å². The minimum absolute atomic E-state index is 0.146. The van der Waals surface area contributed by atoms with Gasteiger partial charge in [-0.25, -0.2) is 9.18 Å². The maximum atomic E-state index is 13.2. The number of benzene rings is 1. The van der Waals surface area contributed by atoms with E-state index in [1.165, 1.54) is 12.3 Å². The lowest BCUT2D eigenvalue weighted by molar-refractivity contribution is 0.0697. The van der Waals surface area contributed by atoms with Crippen LogP contribution in [0.2, 0.25) is 5.02 Å². The van der Waals surface area contributed by atoms with Crippen molar-refractivity contribution in [3.63, 3.8) is 0 Å². The summed E-state index contributed by atoms with van der Waals surface area (Å²) in [7, 11) is 0. The van der Waals surface area contributed by atoms with Crippen molar-refractivity contribution in [3.8, 4) is 11.1 Å². The van der Waals surface area contributed by atoms with Gasteiger partial charge in [-0.05, 0) is 23.8 Å². The van der Waals surface area contributed by atoms with Gasteiger partial charge in [-0.15, -0.1) is 0 Å². The summed E-state index contributed by atoms with van der Waals surface area (Å²) in [6.07, 6.45) is 1.22. The Kier molecular flexibility index (Phi) is 3.16. The number of hydrogen-bond acceptors (Lipinski definition) is 2. The van der Waals surface area contributed by atoms with E-state index in [4.69, 9.17) is 16.7 Å². The van der Waals surface area contributed by atoms with Crippen LogP contribution in [-0.2, 0) is 0 Å². The summed E-state index contributed by atoms with van der Waals surface area (Å²) in [6, 6.07) is 4.62. The molecule has 2 aromatic rings. The van der Waals surface area contributed by atoms with E-state index < -0.39 is 17.3 Å². The zero-order chi connectivity index (χ0) is 13.3. The van der Waals surface area contributed by atoms with E-state index in [1.54, 1.807) is 0 Å². The first-order valence-electron chi connectivity index (χ1n) is 4.90. The van der Waals surface area contributed by atoms with Gasteiger partial charge in [0, 0.05) is 22.8 Å². The molecule has 0 saturated heterocycles. The largest absolute Gasteiger partial charge is 0.478 e. The van der Waals surface area contributed by atoms with Crippen LogP contribution in [0.15, 0.2) is 35.3 Å². The third kappa shape index (κ3) is 2.41. The van der Waals surface area contributed by atoms with Crippen LogP contribution in [0.25, 0.3) is 11.1 Å². The molecule has 6 heteroatoms. The highest BCUT2D eigenvalue weighted by Crippen LogP contribution is 2.26. The highest BCUT2D eigenvalue weighted by atomic mass is 35.5.